The fraction of sp³-hybridized carbons (Fsp3) is 0.700. The molecule has 146 valence electrons. The van der Waals surface area contributed by atoms with E-state index in [2.05, 4.69) is 14.7 Å². The first-order valence-electron chi connectivity index (χ1n) is 9.85. The van der Waals surface area contributed by atoms with Gasteiger partial charge in [0, 0.05) is 45.8 Å². The fourth-order valence-electron chi connectivity index (χ4n) is 3.70. The highest BCUT2D eigenvalue weighted by Crippen LogP contribution is 2.17. The third-order valence-electron chi connectivity index (χ3n) is 5.37. The zero-order chi connectivity index (χ0) is 18.2. The molecule has 0 amide bonds. The molecule has 2 heterocycles. The average molecular weight is 364 g/mol. The van der Waals surface area contributed by atoms with Crippen LogP contribution in [0.2, 0.25) is 0 Å². The number of piperazine rings is 1. The topological polar surface area (TPSA) is 48.4 Å². The quantitative estimate of drug-likeness (QED) is 0.710. The summed E-state index contributed by atoms with van der Waals surface area (Å²) in [6.07, 6.45) is 2.27. The Morgan fingerprint density at radius 2 is 1.38 bits per heavy atom. The van der Waals surface area contributed by atoms with Crippen LogP contribution in [0.15, 0.2) is 24.3 Å². The Bertz CT molecular complexity index is 512. The van der Waals surface area contributed by atoms with Crippen LogP contribution in [-0.4, -0.2) is 98.5 Å². The molecule has 6 heteroatoms. The molecule has 1 aromatic carbocycles. The van der Waals surface area contributed by atoms with Crippen LogP contribution < -0.4 is 9.47 Å². The molecular formula is C20H33N3O3. The van der Waals surface area contributed by atoms with E-state index < -0.39 is 6.10 Å². The van der Waals surface area contributed by atoms with E-state index in [0.717, 1.165) is 37.7 Å². The van der Waals surface area contributed by atoms with Crippen LogP contribution in [0.3, 0.4) is 0 Å². The van der Waals surface area contributed by atoms with Crippen LogP contribution in [0.5, 0.6) is 11.5 Å². The lowest BCUT2D eigenvalue weighted by Gasteiger charge is -2.36. The number of ether oxygens (including phenoxy) is 2. The van der Waals surface area contributed by atoms with Gasteiger partial charge in [-0.15, -0.1) is 0 Å². The summed E-state index contributed by atoms with van der Waals surface area (Å²) in [4.78, 5) is 7.47. The molecule has 0 spiro atoms. The third kappa shape index (κ3) is 6.13. The second kappa shape index (κ2) is 10.1. The van der Waals surface area contributed by atoms with Crippen molar-refractivity contribution in [1.29, 1.82) is 0 Å². The number of likely N-dealkylation sites (tertiary alicyclic amines) is 1. The van der Waals surface area contributed by atoms with Crippen LogP contribution in [0.4, 0.5) is 0 Å². The second-order valence-electron chi connectivity index (χ2n) is 7.33. The highest BCUT2D eigenvalue weighted by Gasteiger charge is 2.20. The van der Waals surface area contributed by atoms with Crippen molar-refractivity contribution >= 4 is 0 Å². The number of nitrogens with zero attached hydrogens (tertiary/aromatic N) is 3. The van der Waals surface area contributed by atoms with E-state index >= 15 is 0 Å². The Kier molecular flexibility index (Phi) is 7.55. The van der Waals surface area contributed by atoms with Gasteiger partial charge in [0.2, 0.25) is 0 Å². The molecule has 1 aromatic rings. The van der Waals surface area contributed by atoms with Crippen molar-refractivity contribution in [3.63, 3.8) is 0 Å². The number of hydrogen-bond donors (Lipinski definition) is 1. The lowest BCUT2D eigenvalue weighted by Crippen LogP contribution is -2.50. The van der Waals surface area contributed by atoms with Crippen LogP contribution in [0, 0.1) is 0 Å². The number of methoxy groups -OCH3 is 1. The highest BCUT2D eigenvalue weighted by molar-refractivity contribution is 5.31. The van der Waals surface area contributed by atoms with Gasteiger partial charge in [0.05, 0.1) is 7.11 Å². The molecule has 0 aromatic heterocycles. The van der Waals surface area contributed by atoms with Gasteiger partial charge in [0.25, 0.3) is 0 Å². The zero-order valence-corrected chi connectivity index (χ0v) is 16.0. The van der Waals surface area contributed by atoms with E-state index in [0.29, 0.717) is 13.2 Å². The maximum absolute atomic E-state index is 10.3. The zero-order valence-electron chi connectivity index (χ0n) is 16.0. The third-order valence-corrected chi connectivity index (χ3v) is 5.37. The van der Waals surface area contributed by atoms with Crippen molar-refractivity contribution in [3.05, 3.63) is 24.3 Å². The lowest BCUT2D eigenvalue weighted by molar-refractivity contribution is 0.0446. The average Bonchev–Trinajstić information content (AvgIpc) is 3.20. The minimum atomic E-state index is -0.465. The molecule has 2 fully saturated rings. The van der Waals surface area contributed by atoms with Crippen molar-refractivity contribution in [2.45, 2.75) is 18.9 Å². The van der Waals surface area contributed by atoms with Gasteiger partial charge in [-0.2, -0.15) is 0 Å². The van der Waals surface area contributed by atoms with E-state index in [1.54, 1.807) is 7.11 Å². The standard InChI is InChI=1S/C20H33N3O3/c1-25-19-4-6-20(7-5-19)26-17-18(24)16-23-14-12-22(13-15-23)11-10-21-8-2-3-9-21/h4-7,18,24H,2-3,8-17H2,1H3. The highest BCUT2D eigenvalue weighted by atomic mass is 16.5. The molecule has 2 aliphatic heterocycles. The molecule has 26 heavy (non-hydrogen) atoms. The fourth-order valence-corrected chi connectivity index (χ4v) is 3.70. The van der Waals surface area contributed by atoms with Gasteiger partial charge in [-0.3, -0.25) is 9.80 Å². The molecule has 3 rings (SSSR count). The Morgan fingerprint density at radius 1 is 0.846 bits per heavy atom. The van der Waals surface area contributed by atoms with Gasteiger partial charge in [0.15, 0.2) is 0 Å². The molecule has 2 aliphatic rings. The maximum Gasteiger partial charge on any atom is 0.119 e. The first kappa shape index (κ1) is 19.4. The Hall–Kier alpha value is -1.34. The van der Waals surface area contributed by atoms with Gasteiger partial charge in [0.1, 0.15) is 24.2 Å². The summed E-state index contributed by atoms with van der Waals surface area (Å²) in [6, 6.07) is 7.46. The lowest BCUT2D eigenvalue weighted by atomic mass is 10.2. The van der Waals surface area contributed by atoms with Crippen LogP contribution in [0.1, 0.15) is 12.8 Å². The number of benzene rings is 1. The smallest absolute Gasteiger partial charge is 0.119 e. The van der Waals surface area contributed by atoms with E-state index in [-0.39, 0.29) is 0 Å². The first-order valence-corrected chi connectivity index (χ1v) is 9.85. The summed E-state index contributed by atoms with van der Waals surface area (Å²) in [5.41, 5.74) is 0. The molecule has 0 aliphatic carbocycles. The van der Waals surface area contributed by atoms with Gasteiger partial charge in [-0.25, -0.2) is 0 Å². The summed E-state index contributed by atoms with van der Waals surface area (Å²) in [6.45, 7) is 10.2. The minimum absolute atomic E-state index is 0.321. The maximum atomic E-state index is 10.3. The molecule has 0 bridgehead atoms. The summed E-state index contributed by atoms with van der Waals surface area (Å²) in [7, 11) is 1.64. The van der Waals surface area contributed by atoms with Gasteiger partial charge in [-0.05, 0) is 50.2 Å². The van der Waals surface area contributed by atoms with Crippen LogP contribution >= 0.6 is 0 Å². The molecule has 1 unspecified atom stereocenters. The van der Waals surface area contributed by atoms with Gasteiger partial charge >= 0.3 is 0 Å². The van der Waals surface area contributed by atoms with E-state index in [4.69, 9.17) is 9.47 Å². The molecule has 0 saturated carbocycles. The number of hydrogen-bond acceptors (Lipinski definition) is 6. The van der Waals surface area contributed by atoms with E-state index in [9.17, 15) is 5.11 Å². The Morgan fingerprint density at radius 3 is 2.00 bits per heavy atom. The number of rotatable bonds is 9. The van der Waals surface area contributed by atoms with Gasteiger partial charge < -0.3 is 19.5 Å². The summed E-state index contributed by atoms with van der Waals surface area (Å²) in [5, 5.41) is 10.3. The monoisotopic (exact) mass is 363 g/mol. The molecule has 2 saturated heterocycles. The van der Waals surface area contributed by atoms with Crippen molar-refractivity contribution < 1.29 is 14.6 Å². The van der Waals surface area contributed by atoms with Crippen molar-refractivity contribution in [2.75, 3.05) is 72.6 Å². The number of β-amino-alcohol motifs (C(OH)–C–C–N with tert-alkyl or cyclic N) is 1. The number of aliphatic hydroxyl groups is 1. The summed E-state index contributed by atoms with van der Waals surface area (Å²) in [5.74, 6) is 1.57. The normalized spacial score (nSPS) is 21.0. The second-order valence-corrected chi connectivity index (χ2v) is 7.33. The van der Waals surface area contributed by atoms with Crippen molar-refractivity contribution in [3.8, 4) is 11.5 Å². The van der Waals surface area contributed by atoms with Crippen molar-refractivity contribution in [1.82, 2.24) is 14.7 Å². The minimum Gasteiger partial charge on any atom is -0.497 e. The molecule has 1 N–H and O–H groups in total. The predicted octanol–water partition coefficient (Wildman–Crippen LogP) is 1.15. The molecule has 6 nitrogen and oxygen atoms in total. The molecular weight excluding hydrogens is 330 g/mol. The molecule has 0 radical (unpaired) electrons. The SMILES string of the molecule is COc1ccc(OCC(O)CN2CCN(CCN3CCCC3)CC2)cc1. The van der Waals surface area contributed by atoms with E-state index in [1.807, 2.05) is 24.3 Å². The van der Waals surface area contributed by atoms with Crippen LogP contribution in [0.25, 0.3) is 0 Å². The Balaban J connectivity index is 1.29. The van der Waals surface area contributed by atoms with Crippen molar-refractivity contribution in [2.24, 2.45) is 0 Å². The van der Waals surface area contributed by atoms with Crippen LogP contribution in [-0.2, 0) is 0 Å². The largest absolute Gasteiger partial charge is 0.497 e. The van der Waals surface area contributed by atoms with Gasteiger partial charge in [-0.1, -0.05) is 0 Å². The Labute approximate surface area is 157 Å². The summed E-state index contributed by atoms with van der Waals surface area (Å²) < 4.78 is 10.8. The molecule has 1 atom stereocenters. The number of aliphatic hydroxyl groups excluding tert-OH is 1. The predicted molar refractivity (Wildman–Crippen MR) is 103 cm³/mol. The first-order chi connectivity index (χ1) is 12.7. The van der Waals surface area contributed by atoms with E-state index in [1.165, 1.54) is 39.0 Å². The summed E-state index contributed by atoms with van der Waals surface area (Å²) >= 11 is 0.